The van der Waals surface area contributed by atoms with Crippen molar-refractivity contribution in [2.75, 3.05) is 0 Å². The highest BCUT2D eigenvalue weighted by molar-refractivity contribution is 9.10. The number of hydrogen-bond acceptors (Lipinski definition) is 2. The van der Waals surface area contributed by atoms with E-state index < -0.39 is 0 Å². The minimum absolute atomic E-state index is 0.0966. The van der Waals surface area contributed by atoms with Crippen LogP contribution in [0.5, 0.6) is 0 Å². The predicted octanol–water partition coefficient (Wildman–Crippen LogP) is 4.43. The molecule has 0 radical (unpaired) electrons. The molecule has 2 nitrogen and oxygen atoms in total. The fourth-order valence-electron chi connectivity index (χ4n) is 2.93. The molecule has 0 saturated heterocycles. The Bertz CT molecular complexity index is 627. The van der Waals surface area contributed by atoms with Crippen molar-refractivity contribution in [3.05, 3.63) is 68.2 Å². The first kappa shape index (κ1) is 16.2. The third-order valence-electron chi connectivity index (χ3n) is 4.05. The summed E-state index contributed by atoms with van der Waals surface area (Å²) in [5.41, 5.74) is 10.7. The van der Waals surface area contributed by atoms with Gasteiger partial charge in [0.2, 0.25) is 0 Å². The average molecular weight is 347 g/mol. The second kappa shape index (κ2) is 6.73. The van der Waals surface area contributed by atoms with E-state index in [9.17, 15) is 0 Å². The summed E-state index contributed by atoms with van der Waals surface area (Å²) < 4.78 is 1.13. The fraction of sp³-hybridized carbons (Fsp3) is 0.333. The van der Waals surface area contributed by atoms with Gasteiger partial charge in [0.15, 0.2) is 0 Å². The maximum atomic E-state index is 5.83. The molecule has 0 amide bonds. The predicted molar refractivity (Wildman–Crippen MR) is 93.3 cm³/mol. The van der Waals surface area contributed by atoms with E-state index in [1.54, 1.807) is 0 Å². The van der Waals surface area contributed by atoms with E-state index in [2.05, 4.69) is 79.4 Å². The van der Waals surface area contributed by atoms with Crippen molar-refractivity contribution in [3.8, 4) is 0 Å². The highest BCUT2D eigenvalue weighted by Crippen LogP contribution is 2.30. The van der Waals surface area contributed by atoms with E-state index in [1.165, 1.54) is 33.4 Å². The molecule has 0 aromatic heterocycles. The molecule has 0 aliphatic heterocycles. The lowest BCUT2D eigenvalue weighted by Gasteiger charge is -2.21. The van der Waals surface area contributed by atoms with E-state index in [1.807, 2.05) is 0 Å². The molecular weight excluding hydrogens is 324 g/mol. The number of benzene rings is 2. The van der Waals surface area contributed by atoms with E-state index in [4.69, 9.17) is 5.84 Å². The largest absolute Gasteiger partial charge is 0.271 e. The average Bonchev–Trinajstić information content (AvgIpc) is 2.42. The summed E-state index contributed by atoms with van der Waals surface area (Å²) >= 11 is 3.69. The van der Waals surface area contributed by atoms with Crippen LogP contribution in [0.1, 0.15) is 39.4 Å². The highest BCUT2D eigenvalue weighted by Gasteiger charge is 2.17. The Morgan fingerprint density at radius 2 is 1.67 bits per heavy atom. The van der Waals surface area contributed by atoms with Gasteiger partial charge in [0.1, 0.15) is 0 Å². The second-order valence-corrected chi connectivity index (χ2v) is 6.57. The summed E-state index contributed by atoms with van der Waals surface area (Å²) in [5.74, 6) is 5.83. The topological polar surface area (TPSA) is 38.0 Å². The molecule has 3 N–H and O–H groups in total. The molecule has 0 bridgehead atoms. The van der Waals surface area contributed by atoms with Gasteiger partial charge in [-0.05, 0) is 61.9 Å². The van der Waals surface area contributed by atoms with Crippen LogP contribution >= 0.6 is 15.9 Å². The molecule has 0 aliphatic rings. The Kier molecular flexibility index (Phi) is 5.20. The highest BCUT2D eigenvalue weighted by atomic mass is 79.9. The normalized spacial score (nSPS) is 12.5. The van der Waals surface area contributed by atoms with Crippen LogP contribution in [0.15, 0.2) is 34.8 Å². The molecule has 2 aromatic carbocycles. The molecule has 1 atom stereocenters. The van der Waals surface area contributed by atoms with Gasteiger partial charge < -0.3 is 0 Å². The lowest BCUT2D eigenvalue weighted by Crippen LogP contribution is -2.30. The summed E-state index contributed by atoms with van der Waals surface area (Å²) in [4.78, 5) is 0. The van der Waals surface area contributed by atoms with Gasteiger partial charge in [0.05, 0.1) is 6.04 Å². The van der Waals surface area contributed by atoms with Crippen LogP contribution in [0.2, 0.25) is 0 Å². The molecule has 0 fully saturated rings. The number of hydrogen-bond donors (Lipinski definition) is 2. The zero-order valence-corrected chi connectivity index (χ0v) is 14.7. The molecule has 2 rings (SSSR count). The van der Waals surface area contributed by atoms with E-state index in [0.29, 0.717) is 0 Å². The third kappa shape index (κ3) is 3.54. The summed E-state index contributed by atoms with van der Waals surface area (Å²) in [5, 5.41) is 0. The standard InChI is InChI=1S/C18H23BrN2/c1-11-8-13(3)16(14(4)9-11)10-17(21-20)15-7-5-6-12(2)18(15)19/h5-9,17,21H,10,20H2,1-4H3. The number of nitrogens with one attached hydrogen (secondary N) is 1. The molecule has 3 heteroatoms. The Morgan fingerprint density at radius 3 is 2.24 bits per heavy atom. The van der Waals surface area contributed by atoms with Crippen molar-refractivity contribution >= 4 is 15.9 Å². The van der Waals surface area contributed by atoms with Crippen molar-refractivity contribution in [1.82, 2.24) is 5.43 Å². The molecule has 0 aliphatic carbocycles. The van der Waals surface area contributed by atoms with Crippen molar-refractivity contribution in [1.29, 1.82) is 0 Å². The van der Waals surface area contributed by atoms with Crippen LogP contribution in [0.3, 0.4) is 0 Å². The molecule has 2 aromatic rings. The number of aryl methyl sites for hydroxylation is 4. The monoisotopic (exact) mass is 346 g/mol. The fourth-order valence-corrected chi connectivity index (χ4v) is 3.47. The Balaban J connectivity index is 2.38. The van der Waals surface area contributed by atoms with Gasteiger partial charge in [-0.15, -0.1) is 0 Å². The molecule has 21 heavy (non-hydrogen) atoms. The van der Waals surface area contributed by atoms with Crippen LogP contribution in [-0.4, -0.2) is 0 Å². The van der Waals surface area contributed by atoms with Crippen molar-refractivity contribution in [3.63, 3.8) is 0 Å². The number of hydrazine groups is 1. The zero-order chi connectivity index (χ0) is 15.6. The lowest BCUT2D eigenvalue weighted by atomic mass is 9.91. The molecule has 0 spiro atoms. The first-order valence-corrected chi connectivity index (χ1v) is 8.01. The molecule has 112 valence electrons. The van der Waals surface area contributed by atoms with Gasteiger partial charge in [-0.2, -0.15) is 0 Å². The Labute approximate surface area is 135 Å². The van der Waals surface area contributed by atoms with E-state index in [0.717, 1.165) is 10.9 Å². The zero-order valence-electron chi connectivity index (χ0n) is 13.1. The number of rotatable bonds is 4. The lowest BCUT2D eigenvalue weighted by molar-refractivity contribution is 0.547. The first-order chi connectivity index (χ1) is 9.93. The van der Waals surface area contributed by atoms with Crippen LogP contribution in [0.4, 0.5) is 0 Å². The van der Waals surface area contributed by atoms with Crippen LogP contribution < -0.4 is 11.3 Å². The Morgan fingerprint density at radius 1 is 1.05 bits per heavy atom. The van der Waals surface area contributed by atoms with Gasteiger partial charge in [0, 0.05) is 4.47 Å². The molecule has 0 saturated carbocycles. The van der Waals surface area contributed by atoms with Gasteiger partial charge in [-0.3, -0.25) is 11.3 Å². The quantitative estimate of drug-likeness (QED) is 0.634. The maximum absolute atomic E-state index is 5.83. The number of nitrogens with two attached hydrogens (primary N) is 1. The van der Waals surface area contributed by atoms with Crippen molar-refractivity contribution in [2.24, 2.45) is 5.84 Å². The second-order valence-electron chi connectivity index (χ2n) is 5.78. The third-order valence-corrected chi connectivity index (χ3v) is 5.13. The maximum Gasteiger partial charge on any atom is 0.0511 e. The van der Waals surface area contributed by atoms with E-state index >= 15 is 0 Å². The van der Waals surface area contributed by atoms with Crippen molar-refractivity contribution in [2.45, 2.75) is 40.2 Å². The molecule has 1 unspecified atom stereocenters. The summed E-state index contributed by atoms with van der Waals surface area (Å²) in [6.07, 6.45) is 0.885. The Hall–Kier alpha value is -1.16. The van der Waals surface area contributed by atoms with Crippen molar-refractivity contribution < 1.29 is 0 Å². The minimum atomic E-state index is 0.0966. The van der Waals surface area contributed by atoms with Gasteiger partial charge in [0.25, 0.3) is 0 Å². The molecule has 0 heterocycles. The summed E-state index contributed by atoms with van der Waals surface area (Å²) in [6, 6.07) is 10.9. The molecular formula is C18H23BrN2. The summed E-state index contributed by atoms with van der Waals surface area (Å²) in [7, 11) is 0. The van der Waals surface area contributed by atoms with Gasteiger partial charge >= 0.3 is 0 Å². The van der Waals surface area contributed by atoms with Crippen LogP contribution in [0.25, 0.3) is 0 Å². The summed E-state index contributed by atoms with van der Waals surface area (Å²) in [6.45, 7) is 8.59. The van der Waals surface area contributed by atoms with E-state index in [-0.39, 0.29) is 6.04 Å². The van der Waals surface area contributed by atoms with Crippen LogP contribution in [0, 0.1) is 27.7 Å². The minimum Gasteiger partial charge on any atom is -0.271 e. The first-order valence-electron chi connectivity index (χ1n) is 7.22. The smallest absolute Gasteiger partial charge is 0.0511 e. The van der Waals surface area contributed by atoms with Gasteiger partial charge in [-0.25, -0.2) is 0 Å². The van der Waals surface area contributed by atoms with Gasteiger partial charge in [-0.1, -0.05) is 51.8 Å². The SMILES string of the molecule is Cc1cc(C)c(CC(NN)c2cccc(C)c2Br)c(C)c1. The van der Waals surface area contributed by atoms with Crippen LogP contribution in [-0.2, 0) is 6.42 Å². The number of halogens is 1.